The minimum absolute atomic E-state index is 0.0475. The molecule has 146 valence electrons. The monoisotopic (exact) mass is 418 g/mol. The van der Waals surface area contributed by atoms with Gasteiger partial charge >= 0.3 is 6.09 Å². The number of benzene rings is 2. The van der Waals surface area contributed by atoms with Crippen molar-refractivity contribution in [1.29, 1.82) is 5.41 Å². The van der Waals surface area contributed by atoms with Gasteiger partial charge in [-0.2, -0.15) is 0 Å². The van der Waals surface area contributed by atoms with Crippen LogP contribution in [0.3, 0.4) is 0 Å². The van der Waals surface area contributed by atoms with Gasteiger partial charge in [0.25, 0.3) is 5.91 Å². The summed E-state index contributed by atoms with van der Waals surface area (Å²) >= 11 is 10.2. The zero-order valence-corrected chi connectivity index (χ0v) is 16.5. The number of nitrogens with two attached hydrogens (primary N) is 1. The number of ether oxygens (including phenoxy) is 1. The molecule has 1 unspecified atom stereocenters. The van der Waals surface area contributed by atoms with E-state index in [1.165, 1.54) is 4.90 Å². The van der Waals surface area contributed by atoms with Gasteiger partial charge in [-0.25, -0.2) is 4.79 Å². The molecule has 28 heavy (non-hydrogen) atoms. The number of carbonyl (C=O) groups is 2. The molecular weight excluding hydrogens is 400 g/mol. The predicted octanol–water partition coefficient (Wildman–Crippen LogP) is 2.86. The Balaban J connectivity index is 1.62. The van der Waals surface area contributed by atoms with E-state index < -0.39 is 12.2 Å². The topological polar surface area (TPSA) is 109 Å². The van der Waals surface area contributed by atoms with E-state index in [0.29, 0.717) is 34.1 Å². The van der Waals surface area contributed by atoms with Crippen molar-refractivity contribution in [2.24, 2.45) is 5.73 Å². The molecule has 9 heteroatoms. The van der Waals surface area contributed by atoms with Crippen LogP contribution in [-0.2, 0) is 11.2 Å². The van der Waals surface area contributed by atoms with Crippen molar-refractivity contribution in [1.82, 2.24) is 5.32 Å². The maximum absolute atomic E-state index is 12.4. The molecule has 1 saturated heterocycles. The SMILES string of the molecule is N=C(N)Cc1cccc(N2CC(CNC(=O)c3cccc(Cl)c3S)OC2=O)c1. The minimum Gasteiger partial charge on any atom is -0.442 e. The molecular formula is C19H19ClN4O3S. The number of amidine groups is 1. The Hall–Kier alpha value is -2.71. The first-order chi connectivity index (χ1) is 13.3. The van der Waals surface area contributed by atoms with Gasteiger partial charge in [0.1, 0.15) is 6.10 Å². The largest absolute Gasteiger partial charge is 0.442 e. The first kappa shape index (κ1) is 20.0. The van der Waals surface area contributed by atoms with E-state index in [1.807, 2.05) is 6.07 Å². The lowest BCUT2D eigenvalue weighted by Gasteiger charge is -2.14. The van der Waals surface area contributed by atoms with E-state index in [4.69, 9.17) is 27.5 Å². The van der Waals surface area contributed by atoms with Crippen LogP contribution in [0.2, 0.25) is 5.02 Å². The third-order valence-electron chi connectivity index (χ3n) is 4.21. The van der Waals surface area contributed by atoms with Crippen LogP contribution < -0.4 is 16.0 Å². The van der Waals surface area contributed by atoms with Gasteiger partial charge in [-0.05, 0) is 29.8 Å². The van der Waals surface area contributed by atoms with E-state index >= 15 is 0 Å². The summed E-state index contributed by atoms with van der Waals surface area (Å²) in [5.41, 5.74) is 7.28. The summed E-state index contributed by atoms with van der Waals surface area (Å²) in [4.78, 5) is 26.5. The molecule has 2 amide bonds. The highest BCUT2D eigenvalue weighted by atomic mass is 35.5. The average molecular weight is 419 g/mol. The number of nitrogens with one attached hydrogen (secondary N) is 2. The summed E-state index contributed by atoms with van der Waals surface area (Å²) in [6.45, 7) is 0.458. The smallest absolute Gasteiger partial charge is 0.414 e. The summed E-state index contributed by atoms with van der Waals surface area (Å²) in [6, 6.07) is 12.2. The van der Waals surface area contributed by atoms with Gasteiger partial charge in [0, 0.05) is 17.0 Å². The van der Waals surface area contributed by atoms with Crippen LogP contribution in [-0.4, -0.2) is 37.0 Å². The number of thiol groups is 1. The highest BCUT2D eigenvalue weighted by molar-refractivity contribution is 7.80. The van der Waals surface area contributed by atoms with E-state index in [-0.39, 0.29) is 18.3 Å². The fourth-order valence-electron chi connectivity index (χ4n) is 2.89. The fourth-order valence-corrected chi connectivity index (χ4v) is 3.32. The Kier molecular flexibility index (Phi) is 6.11. The van der Waals surface area contributed by atoms with Gasteiger partial charge in [-0.3, -0.25) is 15.1 Å². The van der Waals surface area contributed by atoms with Crippen LogP contribution in [0.5, 0.6) is 0 Å². The summed E-state index contributed by atoms with van der Waals surface area (Å²) < 4.78 is 5.35. The molecule has 1 heterocycles. The lowest BCUT2D eigenvalue weighted by molar-refractivity contribution is 0.0913. The van der Waals surface area contributed by atoms with Crippen LogP contribution in [0.25, 0.3) is 0 Å². The summed E-state index contributed by atoms with van der Waals surface area (Å²) in [6.07, 6.45) is -0.672. The lowest BCUT2D eigenvalue weighted by Crippen LogP contribution is -2.34. The standard InChI is InChI=1S/C19H19ClN4O3S/c20-15-6-2-5-14(17(15)28)18(25)23-9-13-10-24(19(26)27-13)12-4-1-3-11(7-12)8-16(21)22/h1-7,13,28H,8-10H2,(H3,21,22)(H,23,25). The molecule has 2 aromatic carbocycles. The Labute approximate surface area is 172 Å². The second-order valence-electron chi connectivity index (χ2n) is 6.33. The molecule has 0 saturated carbocycles. The van der Waals surface area contributed by atoms with Gasteiger partial charge in [0.2, 0.25) is 0 Å². The van der Waals surface area contributed by atoms with Crippen molar-refractivity contribution >= 4 is 47.8 Å². The van der Waals surface area contributed by atoms with Crippen molar-refractivity contribution in [2.45, 2.75) is 17.4 Å². The lowest BCUT2D eigenvalue weighted by atomic mass is 10.1. The molecule has 0 bridgehead atoms. The van der Waals surface area contributed by atoms with Crippen molar-refractivity contribution < 1.29 is 14.3 Å². The van der Waals surface area contributed by atoms with Crippen molar-refractivity contribution in [3.8, 4) is 0 Å². The maximum Gasteiger partial charge on any atom is 0.414 e. The van der Waals surface area contributed by atoms with Gasteiger partial charge in [-0.1, -0.05) is 29.8 Å². The molecule has 1 aliphatic heterocycles. The highest BCUT2D eigenvalue weighted by Gasteiger charge is 2.32. The van der Waals surface area contributed by atoms with Crippen LogP contribution in [0.15, 0.2) is 47.4 Å². The van der Waals surface area contributed by atoms with Crippen LogP contribution in [0, 0.1) is 5.41 Å². The van der Waals surface area contributed by atoms with Gasteiger partial charge in [-0.15, -0.1) is 12.6 Å². The molecule has 3 rings (SSSR count). The molecule has 4 N–H and O–H groups in total. The molecule has 0 spiro atoms. The zero-order chi connectivity index (χ0) is 20.3. The Morgan fingerprint density at radius 3 is 2.86 bits per heavy atom. The number of carbonyl (C=O) groups excluding carboxylic acids is 2. The Morgan fingerprint density at radius 2 is 2.11 bits per heavy atom. The van der Waals surface area contributed by atoms with Crippen LogP contribution in [0.1, 0.15) is 15.9 Å². The number of hydrogen-bond donors (Lipinski definition) is 4. The second kappa shape index (κ2) is 8.53. The maximum atomic E-state index is 12.4. The normalized spacial score (nSPS) is 16.0. The number of anilines is 1. The Morgan fingerprint density at radius 1 is 1.36 bits per heavy atom. The average Bonchev–Trinajstić information content (AvgIpc) is 3.02. The molecule has 2 aromatic rings. The zero-order valence-electron chi connectivity index (χ0n) is 14.8. The molecule has 7 nitrogen and oxygen atoms in total. The predicted molar refractivity (Wildman–Crippen MR) is 111 cm³/mol. The van der Waals surface area contributed by atoms with Gasteiger partial charge < -0.3 is 15.8 Å². The minimum atomic E-state index is -0.490. The number of amides is 2. The van der Waals surface area contributed by atoms with Gasteiger partial charge in [0.05, 0.1) is 29.5 Å². The number of rotatable bonds is 6. The number of nitrogens with zero attached hydrogens (tertiary/aromatic N) is 1. The molecule has 1 fully saturated rings. The first-order valence-electron chi connectivity index (χ1n) is 8.51. The summed E-state index contributed by atoms with van der Waals surface area (Å²) in [5.74, 6) is -0.295. The molecule has 1 aliphatic rings. The molecule has 1 atom stereocenters. The number of hydrogen-bond acceptors (Lipinski definition) is 5. The number of cyclic esters (lactones) is 1. The summed E-state index contributed by atoms with van der Waals surface area (Å²) in [7, 11) is 0. The molecule has 0 radical (unpaired) electrons. The van der Waals surface area contributed by atoms with Crippen LogP contribution >= 0.6 is 24.2 Å². The molecule has 0 aliphatic carbocycles. The van der Waals surface area contributed by atoms with Crippen molar-refractivity contribution in [2.75, 3.05) is 18.0 Å². The van der Waals surface area contributed by atoms with E-state index in [1.54, 1.807) is 36.4 Å². The highest BCUT2D eigenvalue weighted by Crippen LogP contribution is 2.25. The third kappa shape index (κ3) is 4.58. The van der Waals surface area contributed by atoms with E-state index in [2.05, 4.69) is 17.9 Å². The van der Waals surface area contributed by atoms with Crippen LogP contribution in [0.4, 0.5) is 10.5 Å². The Bertz CT molecular complexity index is 937. The molecule has 0 aromatic heterocycles. The first-order valence-corrected chi connectivity index (χ1v) is 9.33. The fraction of sp³-hybridized carbons (Fsp3) is 0.211. The van der Waals surface area contributed by atoms with Gasteiger partial charge in [0.15, 0.2) is 0 Å². The van der Waals surface area contributed by atoms with E-state index in [0.717, 1.165) is 5.56 Å². The van der Waals surface area contributed by atoms with Crippen molar-refractivity contribution in [3.63, 3.8) is 0 Å². The second-order valence-corrected chi connectivity index (χ2v) is 7.19. The van der Waals surface area contributed by atoms with Crippen molar-refractivity contribution in [3.05, 3.63) is 58.6 Å². The third-order valence-corrected chi connectivity index (χ3v) is 5.14. The number of halogens is 1. The summed E-state index contributed by atoms with van der Waals surface area (Å²) in [5, 5.41) is 10.5. The quantitative estimate of drug-likeness (QED) is 0.328. The van der Waals surface area contributed by atoms with E-state index in [9.17, 15) is 9.59 Å².